The molecule has 0 spiro atoms. The molecule has 2 aromatic heterocycles. The third-order valence-corrected chi connectivity index (χ3v) is 4.17. The van der Waals surface area contributed by atoms with Crippen LogP contribution in [-0.4, -0.2) is 32.4 Å². The number of fused-ring (bicyclic) bond motifs is 1. The quantitative estimate of drug-likeness (QED) is 0.740. The molecule has 0 radical (unpaired) electrons. The zero-order valence-corrected chi connectivity index (χ0v) is 13.1. The minimum atomic E-state index is -2.60. The largest absolute Gasteiger partial charge is 0.339 e. The van der Waals surface area contributed by atoms with E-state index in [0.717, 1.165) is 4.57 Å². The molecule has 0 bridgehead atoms. The van der Waals surface area contributed by atoms with E-state index in [2.05, 4.69) is 9.97 Å². The van der Waals surface area contributed by atoms with E-state index in [4.69, 9.17) is 0 Å². The van der Waals surface area contributed by atoms with E-state index in [9.17, 15) is 14.2 Å². The predicted molar refractivity (Wildman–Crippen MR) is 85.4 cm³/mol. The Kier molecular flexibility index (Phi) is 3.37. The van der Waals surface area contributed by atoms with Crippen LogP contribution in [0.1, 0.15) is 0 Å². The molecule has 1 N–H and O–H groups in total. The number of aromatic amines is 1. The van der Waals surface area contributed by atoms with Crippen LogP contribution >= 0.6 is 7.14 Å². The van der Waals surface area contributed by atoms with Crippen LogP contribution in [-0.2, 0) is 10.9 Å². The first kappa shape index (κ1) is 14.5. The molecule has 3 aromatic rings. The number of rotatable bonds is 3. The fourth-order valence-corrected chi connectivity index (χ4v) is 3.25. The lowest BCUT2D eigenvalue weighted by atomic mass is 10.3. The van der Waals surface area contributed by atoms with Crippen LogP contribution in [0.2, 0.25) is 0 Å². The summed E-state index contributed by atoms with van der Waals surface area (Å²) in [5.74, 6) is 0. The van der Waals surface area contributed by atoms with Gasteiger partial charge in [0.15, 0.2) is 5.65 Å². The molecule has 0 saturated heterocycles. The van der Waals surface area contributed by atoms with E-state index < -0.39 is 18.4 Å². The molecule has 0 saturated carbocycles. The molecule has 0 unspecified atom stereocenters. The lowest BCUT2D eigenvalue weighted by molar-refractivity contribution is 0.569. The van der Waals surface area contributed by atoms with E-state index in [1.807, 2.05) is 6.07 Å². The molecule has 0 aliphatic rings. The summed E-state index contributed by atoms with van der Waals surface area (Å²) in [6.45, 7) is 3.09. The van der Waals surface area contributed by atoms with E-state index in [0.29, 0.717) is 5.69 Å². The standard InChI is InChI=1S/C14H15N4O3P/c1-22(2,21)9-17-13(19)11-12(16-8-15-11)18(14(17)20)10-6-4-3-5-7-10/h3-8H,9H2,1-2H3,(H,15,16). The third-order valence-electron chi connectivity index (χ3n) is 3.21. The van der Waals surface area contributed by atoms with Crippen molar-refractivity contribution in [2.75, 3.05) is 13.3 Å². The van der Waals surface area contributed by atoms with E-state index in [1.165, 1.54) is 10.9 Å². The van der Waals surface area contributed by atoms with Gasteiger partial charge in [0.1, 0.15) is 12.7 Å². The monoisotopic (exact) mass is 318 g/mol. The van der Waals surface area contributed by atoms with Crippen molar-refractivity contribution in [2.45, 2.75) is 6.29 Å². The highest BCUT2D eigenvalue weighted by Crippen LogP contribution is 2.36. The Bertz CT molecular complexity index is 994. The zero-order chi connectivity index (χ0) is 15.9. The lowest BCUT2D eigenvalue weighted by Crippen LogP contribution is -2.39. The lowest BCUT2D eigenvalue weighted by Gasteiger charge is -2.13. The Hall–Kier alpha value is -2.40. The fourth-order valence-electron chi connectivity index (χ4n) is 2.32. The summed E-state index contributed by atoms with van der Waals surface area (Å²) in [7, 11) is -2.60. The van der Waals surface area contributed by atoms with Crippen LogP contribution in [0.4, 0.5) is 0 Å². The highest BCUT2D eigenvalue weighted by Gasteiger charge is 2.19. The van der Waals surface area contributed by atoms with E-state index >= 15 is 0 Å². The molecule has 3 rings (SSSR count). The molecule has 8 heteroatoms. The van der Waals surface area contributed by atoms with Crippen molar-refractivity contribution < 1.29 is 4.57 Å². The number of nitrogens with zero attached hydrogens (tertiary/aromatic N) is 3. The van der Waals surface area contributed by atoms with Gasteiger partial charge in [-0.3, -0.25) is 9.36 Å². The second kappa shape index (κ2) is 5.10. The molecule has 0 atom stereocenters. The summed E-state index contributed by atoms with van der Waals surface area (Å²) in [6.07, 6.45) is 1.26. The maximum absolute atomic E-state index is 12.7. The Labute approximate surface area is 125 Å². The van der Waals surface area contributed by atoms with Crippen LogP contribution in [0.25, 0.3) is 16.9 Å². The molecular weight excluding hydrogens is 303 g/mol. The Morgan fingerprint density at radius 3 is 2.50 bits per heavy atom. The van der Waals surface area contributed by atoms with Gasteiger partial charge in [-0.15, -0.1) is 0 Å². The van der Waals surface area contributed by atoms with Crippen LogP contribution in [0.3, 0.4) is 0 Å². The molecule has 0 aliphatic carbocycles. The second-order valence-corrected chi connectivity index (χ2v) is 8.93. The third kappa shape index (κ3) is 2.44. The number of hydrogen-bond donors (Lipinski definition) is 1. The van der Waals surface area contributed by atoms with Gasteiger partial charge in [-0.1, -0.05) is 18.2 Å². The normalized spacial score (nSPS) is 11.9. The van der Waals surface area contributed by atoms with Crippen LogP contribution in [0.15, 0.2) is 46.2 Å². The van der Waals surface area contributed by atoms with Crippen molar-refractivity contribution in [1.82, 2.24) is 19.1 Å². The first-order valence-corrected chi connectivity index (χ1v) is 9.45. The molecule has 0 amide bonds. The van der Waals surface area contributed by atoms with Gasteiger partial charge in [-0.05, 0) is 25.5 Å². The number of benzene rings is 1. The van der Waals surface area contributed by atoms with Gasteiger partial charge in [0.05, 0.1) is 18.3 Å². The molecule has 7 nitrogen and oxygen atoms in total. The Balaban J connectivity index is 2.42. The molecular formula is C14H15N4O3P. The minimum absolute atomic E-state index is 0.105. The SMILES string of the molecule is CP(C)(=O)Cn1c(=O)c2[nH]cnc2n(-c2ccccc2)c1=O. The average molecular weight is 318 g/mol. The smallest absolute Gasteiger partial charge is 0.337 e. The minimum Gasteiger partial charge on any atom is -0.339 e. The molecule has 0 aliphatic heterocycles. The first-order chi connectivity index (χ1) is 10.4. The van der Waals surface area contributed by atoms with Gasteiger partial charge in [0.25, 0.3) is 5.56 Å². The Morgan fingerprint density at radius 1 is 1.18 bits per heavy atom. The molecule has 114 valence electrons. The second-order valence-electron chi connectivity index (χ2n) is 5.50. The van der Waals surface area contributed by atoms with Gasteiger partial charge in [-0.25, -0.2) is 14.3 Å². The van der Waals surface area contributed by atoms with Gasteiger partial charge in [0.2, 0.25) is 0 Å². The summed E-state index contributed by atoms with van der Waals surface area (Å²) in [4.78, 5) is 32.0. The molecule has 2 heterocycles. The topological polar surface area (TPSA) is 89.8 Å². The van der Waals surface area contributed by atoms with Gasteiger partial charge >= 0.3 is 5.69 Å². The van der Waals surface area contributed by atoms with Crippen molar-refractivity contribution in [2.24, 2.45) is 0 Å². The van der Waals surface area contributed by atoms with Gasteiger partial charge < -0.3 is 9.55 Å². The zero-order valence-electron chi connectivity index (χ0n) is 12.2. The van der Waals surface area contributed by atoms with Crippen LogP contribution in [0, 0.1) is 0 Å². The van der Waals surface area contributed by atoms with Gasteiger partial charge in [-0.2, -0.15) is 0 Å². The number of nitrogens with one attached hydrogen (secondary N) is 1. The first-order valence-electron chi connectivity index (χ1n) is 6.67. The van der Waals surface area contributed by atoms with E-state index in [1.54, 1.807) is 37.6 Å². The van der Waals surface area contributed by atoms with Crippen molar-refractivity contribution >= 4 is 18.3 Å². The van der Waals surface area contributed by atoms with Crippen molar-refractivity contribution in [3.05, 3.63) is 57.5 Å². The fraction of sp³-hybridized carbons (Fsp3) is 0.214. The summed E-state index contributed by atoms with van der Waals surface area (Å²) in [5.41, 5.74) is 0.0325. The van der Waals surface area contributed by atoms with Crippen molar-refractivity contribution in [3.63, 3.8) is 0 Å². The maximum Gasteiger partial charge on any atom is 0.337 e. The average Bonchev–Trinajstić information content (AvgIpc) is 2.93. The summed E-state index contributed by atoms with van der Waals surface area (Å²) in [6, 6.07) is 8.92. The maximum atomic E-state index is 12.7. The summed E-state index contributed by atoms with van der Waals surface area (Å²) in [5, 5.41) is 0. The Morgan fingerprint density at radius 2 is 1.86 bits per heavy atom. The van der Waals surface area contributed by atoms with Crippen LogP contribution < -0.4 is 11.2 Å². The predicted octanol–water partition coefficient (Wildman–Crippen LogP) is 1.46. The number of H-pyrrole nitrogens is 1. The summed E-state index contributed by atoms with van der Waals surface area (Å²) >= 11 is 0. The number of hydrogen-bond acceptors (Lipinski definition) is 4. The molecule has 22 heavy (non-hydrogen) atoms. The molecule has 0 fully saturated rings. The highest BCUT2D eigenvalue weighted by atomic mass is 31.2. The van der Waals surface area contributed by atoms with Crippen LogP contribution in [0.5, 0.6) is 0 Å². The van der Waals surface area contributed by atoms with Crippen molar-refractivity contribution in [1.29, 1.82) is 0 Å². The number of para-hydroxylation sites is 1. The summed E-state index contributed by atoms with van der Waals surface area (Å²) < 4.78 is 14.4. The van der Waals surface area contributed by atoms with Gasteiger partial charge in [0, 0.05) is 0 Å². The van der Waals surface area contributed by atoms with E-state index in [-0.39, 0.29) is 17.4 Å². The highest BCUT2D eigenvalue weighted by molar-refractivity contribution is 7.61. The number of aromatic nitrogens is 4. The number of imidazole rings is 1. The molecule has 1 aromatic carbocycles. The van der Waals surface area contributed by atoms with Crippen molar-refractivity contribution in [3.8, 4) is 5.69 Å².